The lowest BCUT2D eigenvalue weighted by atomic mass is 9.99. The van der Waals surface area contributed by atoms with Gasteiger partial charge in [-0.1, -0.05) is 30.3 Å². The van der Waals surface area contributed by atoms with Gasteiger partial charge >= 0.3 is 0 Å². The van der Waals surface area contributed by atoms with E-state index in [2.05, 4.69) is 0 Å². The molecule has 88 valence electrons. The van der Waals surface area contributed by atoms with Crippen LogP contribution in [0.15, 0.2) is 42.5 Å². The molecule has 3 nitrogen and oxygen atoms in total. The van der Waals surface area contributed by atoms with Gasteiger partial charge in [-0.2, -0.15) is 0 Å². The molecule has 0 spiro atoms. The van der Waals surface area contributed by atoms with Crippen LogP contribution in [0.3, 0.4) is 0 Å². The molecular formula is C15H10O3. The second-order valence-corrected chi connectivity index (χ2v) is 4.16. The van der Waals surface area contributed by atoms with Crippen LogP contribution < -0.4 is 0 Å². The molecule has 0 bridgehead atoms. The van der Waals surface area contributed by atoms with Crippen molar-refractivity contribution in [1.29, 1.82) is 0 Å². The highest BCUT2D eigenvalue weighted by molar-refractivity contribution is 6.12. The SMILES string of the molecule is O=Cc1c(O)cc2c(ccc3ccccc32)c1O. The Kier molecular flexibility index (Phi) is 2.20. The number of rotatable bonds is 1. The number of aromatic hydroxyl groups is 2. The van der Waals surface area contributed by atoms with E-state index < -0.39 is 0 Å². The van der Waals surface area contributed by atoms with E-state index in [-0.39, 0.29) is 17.1 Å². The zero-order valence-corrected chi connectivity index (χ0v) is 9.42. The predicted molar refractivity (Wildman–Crippen MR) is 70.2 cm³/mol. The normalized spacial score (nSPS) is 10.9. The van der Waals surface area contributed by atoms with Crippen LogP contribution in [0.2, 0.25) is 0 Å². The van der Waals surface area contributed by atoms with Crippen LogP contribution >= 0.6 is 0 Å². The summed E-state index contributed by atoms with van der Waals surface area (Å²) < 4.78 is 0. The minimum Gasteiger partial charge on any atom is -0.507 e. The first-order valence-electron chi connectivity index (χ1n) is 5.54. The Hall–Kier alpha value is -2.55. The third-order valence-electron chi connectivity index (χ3n) is 3.16. The molecule has 3 aromatic rings. The van der Waals surface area contributed by atoms with Gasteiger partial charge in [0.15, 0.2) is 6.29 Å². The summed E-state index contributed by atoms with van der Waals surface area (Å²) in [5, 5.41) is 23.0. The molecule has 3 aromatic carbocycles. The van der Waals surface area contributed by atoms with Gasteiger partial charge in [0.05, 0.1) is 5.56 Å². The van der Waals surface area contributed by atoms with Crippen LogP contribution in [0.1, 0.15) is 10.4 Å². The summed E-state index contributed by atoms with van der Waals surface area (Å²) in [7, 11) is 0. The van der Waals surface area contributed by atoms with Crippen molar-refractivity contribution in [2.45, 2.75) is 0 Å². The molecule has 0 aliphatic heterocycles. The first-order valence-corrected chi connectivity index (χ1v) is 5.54. The minimum absolute atomic E-state index is 0.0715. The number of hydrogen-bond acceptors (Lipinski definition) is 3. The lowest BCUT2D eigenvalue weighted by Crippen LogP contribution is -1.86. The predicted octanol–water partition coefficient (Wildman–Crippen LogP) is 3.22. The van der Waals surface area contributed by atoms with Crippen LogP contribution in [-0.4, -0.2) is 16.5 Å². The van der Waals surface area contributed by atoms with Gasteiger partial charge in [0.1, 0.15) is 11.5 Å². The monoisotopic (exact) mass is 238 g/mol. The average molecular weight is 238 g/mol. The Labute approximate surface area is 103 Å². The molecule has 0 fully saturated rings. The Morgan fingerprint density at radius 2 is 1.67 bits per heavy atom. The quantitative estimate of drug-likeness (QED) is 0.505. The van der Waals surface area contributed by atoms with E-state index in [9.17, 15) is 15.0 Å². The number of phenols is 2. The second-order valence-electron chi connectivity index (χ2n) is 4.16. The molecule has 0 unspecified atom stereocenters. The Morgan fingerprint density at radius 3 is 2.44 bits per heavy atom. The topological polar surface area (TPSA) is 57.5 Å². The summed E-state index contributed by atoms with van der Waals surface area (Å²) in [6.07, 6.45) is 0.458. The first-order chi connectivity index (χ1) is 8.72. The van der Waals surface area contributed by atoms with E-state index in [0.717, 1.165) is 16.2 Å². The minimum atomic E-state index is -0.202. The average Bonchev–Trinajstić information content (AvgIpc) is 2.39. The summed E-state index contributed by atoms with van der Waals surface area (Å²) in [6, 6.07) is 12.8. The Bertz CT molecular complexity index is 775. The molecule has 0 saturated heterocycles. The third kappa shape index (κ3) is 1.34. The van der Waals surface area contributed by atoms with Gasteiger partial charge in [0, 0.05) is 5.39 Å². The number of fused-ring (bicyclic) bond motifs is 3. The fourth-order valence-electron chi connectivity index (χ4n) is 2.25. The van der Waals surface area contributed by atoms with Crippen LogP contribution in [0, 0.1) is 0 Å². The van der Waals surface area contributed by atoms with Crippen molar-refractivity contribution < 1.29 is 15.0 Å². The Balaban J connectivity index is 2.57. The third-order valence-corrected chi connectivity index (χ3v) is 3.16. The van der Waals surface area contributed by atoms with Gasteiger partial charge in [0.25, 0.3) is 0 Å². The van der Waals surface area contributed by atoms with E-state index in [1.54, 1.807) is 6.07 Å². The van der Waals surface area contributed by atoms with Crippen LogP contribution in [-0.2, 0) is 0 Å². The first kappa shape index (κ1) is 10.6. The molecule has 3 rings (SSSR count). The van der Waals surface area contributed by atoms with Crippen LogP contribution in [0.25, 0.3) is 21.5 Å². The zero-order valence-electron chi connectivity index (χ0n) is 9.42. The van der Waals surface area contributed by atoms with Crippen molar-refractivity contribution in [3.8, 4) is 11.5 Å². The smallest absolute Gasteiger partial charge is 0.157 e. The number of benzene rings is 3. The molecule has 0 amide bonds. The van der Waals surface area contributed by atoms with Crippen molar-refractivity contribution in [2.75, 3.05) is 0 Å². The molecule has 0 radical (unpaired) electrons. The summed E-state index contributed by atoms with van der Waals surface area (Å²) in [5.41, 5.74) is -0.0715. The van der Waals surface area contributed by atoms with E-state index in [1.807, 2.05) is 30.3 Å². The van der Waals surface area contributed by atoms with Crippen molar-refractivity contribution >= 4 is 27.8 Å². The van der Waals surface area contributed by atoms with Crippen LogP contribution in [0.4, 0.5) is 0 Å². The van der Waals surface area contributed by atoms with Gasteiger partial charge in [0.2, 0.25) is 0 Å². The largest absolute Gasteiger partial charge is 0.507 e. The number of carbonyl (C=O) groups is 1. The van der Waals surface area contributed by atoms with E-state index in [4.69, 9.17) is 0 Å². The molecule has 0 aliphatic carbocycles. The molecule has 3 heteroatoms. The van der Waals surface area contributed by atoms with Gasteiger partial charge in [-0.3, -0.25) is 4.79 Å². The maximum atomic E-state index is 10.8. The maximum Gasteiger partial charge on any atom is 0.157 e. The van der Waals surface area contributed by atoms with Gasteiger partial charge in [-0.15, -0.1) is 0 Å². The number of phenolic OH excluding ortho intramolecular Hbond substituents is 2. The number of carbonyl (C=O) groups excluding carboxylic acids is 1. The summed E-state index contributed by atoms with van der Waals surface area (Å²) in [4.78, 5) is 10.8. The van der Waals surface area contributed by atoms with Crippen molar-refractivity contribution in [1.82, 2.24) is 0 Å². The number of aldehydes is 1. The highest BCUT2D eigenvalue weighted by Crippen LogP contribution is 2.37. The second kappa shape index (κ2) is 3.74. The number of hydrogen-bond donors (Lipinski definition) is 2. The van der Waals surface area contributed by atoms with E-state index in [1.165, 1.54) is 6.07 Å². The highest BCUT2D eigenvalue weighted by atomic mass is 16.3. The Morgan fingerprint density at radius 1 is 0.889 bits per heavy atom. The summed E-state index contributed by atoms with van der Waals surface area (Å²) >= 11 is 0. The van der Waals surface area contributed by atoms with Crippen molar-refractivity contribution in [2.24, 2.45) is 0 Å². The molecule has 0 saturated carbocycles. The molecular weight excluding hydrogens is 228 g/mol. The summed E-state index contributed by atoms with van der Waals surface area (Å²) in [6.45, 7) is 0. The maximum absolute atomic E-state index is 10.8. The zero-order chi connectivity index (χ0) is 12.7. The molecule has 2 N–H and O–H groups in total. The van der Waals surface area contributed by atoms with E-state index in [0.29, 0.717) is 11.7 Å². The molecule has 0 atom stereocenters. The molecule has 0 aliphatic rings. The fourth-order valence-corrected chi connectivity index (χ4v) is 2.25. The lowest BCUT2D eigenvalue weighted by molar-refractivity contribution is 0.111. The summed E-state index contributed by atoms with van der Waals surface area (Å²) in [5.74, 6) is -0.378. The lowest BCUT2D eigenvalue weighted by Gasteiger charge is -2.08. The van der Waals surface area contributed by atoms with Gasteiger partial charge < -0.3 is 10.2 Å². The fraction of sp³-hybridized carbons (Fsp3) is 0. The van der Waals surface area contributed by atoms with Crippen molar-refractivity contribution in [3.05, 3.63) is 48.0 Å². The standard InChI is InChI=1S/C15H10O3/c16-8-13-14(17)7-12-10-4-2-1-3-9(10)5-6-11(12)15(13)18/h1-8,17-18H. The van der Waals surface area contributed by atoms with Gasteiger partial charge in [-0.05, 0) is 28.3 Å². The molecule has 0 heterocycles. The molecule has 18 heavy (non-hydrogen) atoms. The molecule has 0 aromatic heterocycles. The highest BCUT2D eigenvalue weighted by Gasteiger charge is 2.13. The van der Waals surface area contributed by atoms with E-state index >= 15 is 0 Å². The van der Waals surface area contributed by atoms with Crippen molar-refractivity contribution in [3.63, 3.8) is 0 Å². The van der Waals surface area contributed by atoms with Crippen LogP contribution in [0.5, 0.6) is 11.5 Å². The van der Waals surface area contributed by atoms with Gasteiger partial charge in [-0.25, -0.2) is 0 Å².